The van der Waals surface area contributed by atoms with Gasteiger partial charge < -0.3 is 10.2 Å². The molecule has 0 bridgehead atoms. The van der Waals surface area contributed by atoms with Crippen molar-refractivity contribution in [2.75, 3.05) is 6.54 Å². The van der Waals surface area contributed by atoms with Gasteiger partial charge in [-0.1, -0.05) is 30.3 Å². The maximum absolute atomic E-state index is 12.9. The minimum absolute atomic E-state index is 0.0143. The summed E-state index contributed by atoms with van der Waals surface area (Å²) >= 11 is 0. The molecule has 1 N–H and O–H groups in total. The third-order valence-corrected chi connectivity index (χ3v) is 4.98. The van der Waals surface area contributed by atoms with Crippen molar-refractivity contribution < 1.29 is 4.79 Å². The molecule has 1 aromatic carbocycles. The number of carbonyl (C=O) groups is 1. The van der Waals surface area contributed by atoms with E-state index in [0.717, 1.165) is 50.4 Å². The molecule has 2 atom stereocenters. The summed E-state index contributed by atoms with van der Waals surface area (Å²) in [5, 5.41) is 7.60. The minimum Gasteiger partial charge on any atom is -0.328 e. The predicted molar refractivity (Wildman–Crippen MR) is 90.4 cm³/mol. The van der Waals surface area contributed by atoms with Crippen molar-refractivity contribution in [1.29, 1.82) is 0 Å². The quantitative estimate of drug-likeness (QED) is 0.923. The smallest absolute Gasteiger partial charge is 0.318 e. The SMILES string of the molecule is Cc1nc2n(n1)CCCC2NC(=O)N1CCCC1c1ccccc1. The first-order valence-corrected chi connectivity index (χ1v) is 8.76. The number of hydrogen-bond donors (Lipinski definition) is 1. The highest BCUT2D eigenvalue weighted by molar-refractivity contribution is 5.75. The fourth-order valence-corrected chi connectivity index (χ4v) is 3.87. The maximum atomic E-state index is 12.9. The minimum atomic E-state index is -0.0375. The van der Waals surface area contributed by atoms with Crippen molar-refractivity contribution in [3.63, 3.8) is 0 Å². The average molecular weight is 325 g/mol. The molecule has 1 aromatic heterocycles. The summed E-state index contributed by atoms with van der Waals surface area (Å²) in [4.78, 5) is 19.3. The zero-order valence-electron chi connectivity index (χ0n) is 14.0. The largest absolute Gasteiger partial charge is 0.328 e. The first-order valence-electron chi connectivity index (χ1n) is 8.76. The summed E-state index contributed by atoms with van der Waals surface area (Å²) in [6.45, 7) is 3.60. The number of aromatic nitrogens is 3. The van der Waals surface area contributed by atoms with Crippen LogP contribution in [-0.2, 0) is 6.54 Å². The van der Waals surface area contributed by atoms with Crippen LogP contribution in [0.15, 0.2) is 30.3 Å². The number of benzene rings is 1. The van der Waals surface area contributed by atoms with Gasteiger partial charge in [0.25, 0.3) is 0 Å². The summed E-state index contributed by atoms with van der Waals surface area (Å²) in [5.74, 6) is 1.66. The lowest BCUT2D eigenvalue weighted by Gasteiger charge is -2.29. The fourth-order valence-electron chi connectivity index (χ4n) is 3.87. The topological polar surface area (TPSA) is 63.1 Å². The standard InChI is InChI=1S/C18H23N5O/c1-13-19-17-15(9-5-12-23(17)21-13)20-18(24)22-11-6-10-16(22)14-7-3-2-4-8-14/h2-4,7-8,15-16H,5-6,9-12H2,1H3,(H,20,24). The lowest BCUT2D eigenvalue weighted by molar-refractivity contribution is 0.185. The van der Waals surface area contributed by atoms with E-state index in [-0.39, 0.29) is 18.1 Å². The number of likely N-dealkylation sites (tertiary alicyclic amines) is 1. The van der Waals surface area contributed by atoms with Gasteiger partial charge >= 0.3 is 6.03 Å². The monoisotopic (exact) mass is 325 g/mol. The summed E-state index contributed by atoms with van der Waals surface area (Å²) in [7, 11) is 0. The lowest BCUT2D eigenvalue weighted by Crippen LogP contribution is -2.42. The van der Waals surface area contributed by atoms with Gasteiger partial charge in [0.1, 0.15) is 11.6 Å². The fraction of sp³-hybridized carbons (Fsp3) is 0.500. The molecule has 126 valence electrons. The molecule has 2 amide bonds. The summed E-state index contributed by atoms with van der Waals surface area (Å²) < 4.78 is 1.93. The second kappa shape index (κ2) is 6.26. The van der Waals surface area contributed by atoms with Crippen LogP contribution in [0.25, 0.3) is 0 Å². The van der Waals surface area contributed by atoms with Crippen molar-refractivity contribution >= 4 is 6.03 Å². The van der Waals surface area contributed by atoms with E-state index in [1.165, 1.54) is 5.56 Å². The van der Waals surface area contributed by atoms with E-state index in [4.69, 9.17) is 0 Å². The third kappa shape index (κ3) is 2.77. The van der Waals surface area contributed by atoms with Crippen LogP contribution in [0.4, 0.5) is 4.79 Å². The number of fused-ring (bicyclic) bond motifs is 1. The molecule has 0 aliphatic carbocycles. The molecule has 4 rings (SSSR count). The molecule has 1 fully saturated rings. The summed E-state index contributed by atoms with van der Waals surface area (Å²) in [6, 6.07) is 10.5. The average Bonchev–Trinajstić information content (AvgIpc) is 3.22. The molecule has 2 aliphatic heterocycles. The van der Waals surface area contributed by atoms with Crippen LogP contribution < -0.4 is 5.32 Å². The van der Waals surface area contributed by atoms with Gasteiger partial charge in [0.2, 0.25) is 0 Å². The van der Waals surface area contributed by atoms with Gasteiger partial charge in [0.15, 0.2) is 0 Å². The first-order chi connectivity index (χ1) is 11.7. The van der Waals surface area contributed by atoms with E-state index in [1.807, 2.05) is 34.7 Å². The molecule has 0 saturated carbocycles. The van der Waals surface area contributed by atoms with Crippen LogP contribution in [-0.4, -0.2) is 32.2 Å². The molecular formula is C18H23N5O. The Balaban J connectivity index is 1.50. The summed E-state index contributed by atoms with van der Waals surface area (Å²) in [6.07, 6.45) is 4.01. The van der Waals surface area contributed by atoms with E-state index >= 15 is 0 Å². The van der Waals surface area contributed by atoms with Gasteiger partial charge in [0.05, 0.1) is 12.1 Å². The van der Waals surface area contributed by atoms with Crippen LogP contribution >= 0.6 is 0 Å². The Morgan fingerprint density at radius 3 is 2.79 bits per heavy atom. The highest BCUT2D eigenvalue weighted by Crippen LogP contribution is 2.32. The van der Waals surface area contributed by atoms with E-state index in [9.17, 15) is 4.79 Å². The molecular weight excluding hydrogens is 302 g/mol. The second-order valence-electron chi connectivity index (χ2n) is 6.65. The zero-order chi connectivity index (χ0) is 16.5. The van der Waals surface area contributed by atoms with Crippen molar-refractivity contribution in [2.45, 2.75) is 51.2 Å². The van der Waals surface area contributed by atoms with Gasteiger partial charge in [-0.05, 0) is 38.2 Å². The highest BCUT2D eigenvalue weighted by Gasteiger charge is 2.32. The molecule has 24 heavy (non-hydrogen) atoms. The predicted octanol–water partition coefficient (Wildman–Crippen LogP) is 2.97. The molecule has 3 heterocycles. The Bertz CT molecular complexity index is 726. The normalized spacial score (nSPS) is 23.1. The number of nitrogens with one attached hydrogen (secondary N) is 1. The van der Waals surface area contributed by atoms with Gasteiger partial charge in [0, 0.05) is 13.1 Å². The second-order valence-corrected chi connectivity index (χ2v) is 6.65. The lowest BCUT2D eigenvalue weighted by atomic mass is 10.0. The Morgan fingerprint density at radius 1 is 1.17 bits per heavy atom. The number of hydrogen-bond acceptors (Lipinski definition) is 3. The number of rotatable bonds is 2. The van der Waals surface area contributed by atoms with E-state index in [0.29, 0.717) is 0 Å². The number of amides is 2. The van der Waals surface area contributed by atoms with E-state index in [2.05, 4.69) is 27.5 Å². The van der Waals surface area contributed by atoms with E-state index in [1.54, 1.807) is 0 Å². The Hall–Kier alpha value is -2.37. The Labute approximate surface area is 141 Å². The molecule has 2 aliphatic rings. The Morgan fingerprint density at radius 2 is 1.96 bits per heavy atom. The van der Waals surface area contributed by atoms with Gasteiger partial charge in [-0.2, -0.15) is 5.10 Å². The van der Waals surface area contributed by atoms with Crippen molar-refractivity contribution in [3.8, 4) is 0 Å². The third-order valence-electron chi connectivity index (χ3n) is 4.98. The molecule has 6 nitrogen and oxygen atoms in total. The number of urea groups is 1. The van der Waals surface area contributed by atoms with Crippen molar-refractivity contribution in [2.24, 2.45) is 0 Å². The molecule has 1 saturated heterocycles. The number of nitrogens with zero attached hydrogens (tertiary/aromatic N) is 4. The number of carbonyl (C=O) groups excluding carboxylic acids is 1. The highest BCUT2D eigenvalue weighted by atomic mass is 16.2. The van der Waals surface area contributed by atoms with Crippen LogP contribution in [0.1, 0.15) is 55.0 Å². The molecule has 2 aromatic rings. The van der Waals surface area contributed by atoms with Crippen LogP contribution in [0.2, 0.25) is 0 Å². The maximum Gasteiger partial charge on any atom is 0.318 e. The molecule has 0 spiro atoms. The Kier molecular flexibility index (Phi) is 3.96. The van der Waals surface area contributed by atoms with E-state index < -0.39 is 0 Å². The van der Waals surface area contributed by atoms with Gasteiger partial charge in [-0.15, -0.1) is 0 Å². The van der Waals surface area contributed by atoms with Gasteiger partial charge in [-0.25, -0.2) is 14.5 Å². The number of aryl methyl sites for hydroxylation is 2. The first kappa shape index (κ1) is 15.2. The van der Waals surface area contributed by atoms with Crippen LogP contribution in [0.5, 0.6) is 0 Å². The van der Waals surface area contributed by atoms with Crippen LogP contribution in [0, 0.1) is 6.92 Å². The van der Waals surface area contributed by atoms with Gasteiger partial charge in [-0.3, -0.25) is 0 Å². The summed E-state index contributed by atoms with van der Waals surface area (Å²) in [5.41, 5.74) is 1.22. The zero-order valence-corrected chi connectivity index (χ0v) is 14.0. The molecule has 2 unspecified atom stereocenters. The molecule has 0 radical (unpaired) electrons. The van der Waals surface area contributed by atoms with Crippen molar-refractivity contribution in [1.82, 2.24) is 25.0 Å². The van der Waals surface area contributed by atoms with Crippen LogP contribution in [0.3, 0.4) is 0 Å². The molecule has 6 heteroatoms. The van der Waals surface area contributed by atoms with Crippen molar-refractivity contribution in [3.05, 3.63) is 47.5 Å².